The third kappa shape index (κ3) is 3.57. The number of carboxylic acids is 1. The molecule has 5 heteroatoms. The van der Waals surface area contributed by atoms with Gasteiger partial charge in [-0.2, -0.15) is 0 Å². The second-order valence-electron chi connectivity index (χ2n) is 5.88. The number of hydrogen-bond donors (Lipinski definition) is 2. The van der Waals surface area contributed by atoms with Crippen molar-refractivity contribution in [3.63, 3.8) is 0 Å². The smallest absolute Gasteiger partial charge is 0.309 e. The molecule has 0 aliphatic rings. The minimum absolute atomic E-state index is 0.604. The lowest BCUT2D eigenvalue weighted by atomic mass is 9.90. The fourth-order valence-electron chi connectivity index (χ4n) is 2.14. The Morgan fingerprint density at radius 3 is 2.76 bits per heavy atom. The average molecular weight is 326 g/mol. The van der Waals surface area contributed by atoms with Gasteiger partial charge in [0, 0.05) is 11.4 Å². The number of carbonyl (C=O) groups is 1. The van der Waals surface area contributed by atoms with E-state index in [0.29, 0.717) is 13.0 Å². The van der Waals surface area contributed by atoms with Gasteiger partial charge < -0.3 is 10.4 Å². The van der Waals surface area contributed by atoms with Crippen molar-refractivity contribution in [3.05, 3.63) is 33.7 Å². The summed E-state index contributed by atoms with van der Waals surface area (Å²) in [6.07, 6.45) is 0.604. The van der Waals surface area contributed by atoms with Gasteiger partial charge in [0.15, 0.2) is 0 Å². The van der Waals surface area contributed by atoms with Gasteiger partial charge in [-0.1, -0.05) is 23.7 Å². The summed E-state index contributed by atoms with van der Waals surface area (Å²) >= 11 is 7.93. The summed E-state index contributed by atoms with van der Waals surface area (Å²) in [5, 5.41) is 14.4. The number of aliphatic carboxylic acids is 1. The summed E-state index contributed by atoms with van der Waals surface area (Å²) < 4.78 is 1.12. The first kappa shape index (κ1) is 16.3. The number of thiophene rings is 1. The van der Waals surface area contributed by atoms with Crippen molar-refractivity contribution in [1.82, 2.24) is 5.32 Å². The standard InChI is InChI=1S/C16H20ClNO2S/c1-10-11-5-4-6-12(17)14(11)21-13(10)9-18-8-7-16(2,3)15(19)20/h4-6,18H,7-9H2,1-3H3,(H,19,20). The van der Waals surface area contributed by atoms with E-state index in [1.807, 2.05) is 12.1 Å². The molecule has 0 bridgehead atoms. The number of rotatable bonds is 6. The fourth-order valence-corrected chi connectivity index (χ4v) is 3.61. The molecule has 0 aliphatic heterocycles. The predicted octanol–water partition coefficient (Wildman–Crippen LogP) is 4.45. The molecule has 0 spiro atoms. The first-order valence-electron chi connectivity index (χ1n) is 6.93. The van der Waals surface area contributed by atoms with Gasteiger partial charge in [-0.3, -0.25) is 4.79 Å². The SMILES string of the molecule is Cc1c(CNCCC(C)(C)C(=O)O)sc2c(Cl)cccc12. The highest BCUT2D eigenvalue weighted by molar-refractivity contribution is 7.20. The highest BCUT2D eigenvalue weighted by Gasteiger charge is 2.26. The lowest BCUT2D eigenvalue weighted by molar-refractivity contribution is -0.147. The van der Waals surface area contributed by atoms with Gasteiger partial charge in [0.25, 0.3) is 0 Å². The summed E-state index contributed by atoms with van der Waals surface area (Å²) in [5.41, 5.74) is 0.563. The third-order valence-corrected chi connectivity index (χ3v) is 5.57. The van der Waals surface area contributed by atoms with E-state index >= 15 is 0 Å². The zero-order chi connectivity index (χ0) is 15.6. The van der Waals surface area contributed by atoms with Gasteiger partial charge >= 0.3 is 5.97 Å². The van der Waals surface area contributed by atoms with Crippen molar-refractivity contribution in [1.29, 1.82) is 0 Å². The number of halogens is 1. The first-order chi connectivity index (χ1) is 9.83. The van der Waals surface area contributed by atoms with Crippen LogP contribution in [0.2, 0.25) is 5.02 Å². The van der Waals surface area contributed by atoms with E-state index in [1.165, 1.54) is 15.8 Å². The van der Waals surface area contributed by atoms with Gasteiger partial charge in [0.2, 0.25) is 0 Å². The van der Waals surface area contributed by atoms with Crippen LogP contribution in [0, 0.1) is 12.3 Å². The molecular weight excluding hydrogens is 306 g/mol. The maximum atomic E-state index is 11.1. The number of hydrogen-bond acceptors (Lipinski definition) is 3. The number of fused-ring (bicyclic) bond motifs is 1. The Balaban J connectivity index is 2.00. The van der Waals surface area contributed by atoms with E-state index in [2.05, 4.69) is 18.3 Å². The molecule has 3 nitrogen and oxygen atoms in total. The monoisotopic (exact) mass is 325 g/mol. The second-order valence-corrected chi connectivity index (χ2v) is 7.39. The highest BCUT2D eigenvalue weighted by Crippen LogP contribution is 2.35. The molecule has 2 N–H and O–H groups in total. The molecule has 1 heterocycles. The molecule has 0 unspecified atom stereocenters. The van der Waals surface area contributed by atoms with Crippen molar-refractivity contribution in [2.45, 2.75) is 33.7 Å². The molecule has 0 aliphatic carbocycles. The quantitative estimate of drug-likeness (QED) is 0.771. The summed E-state index contributed by atoms with van der Waals surface area (Å²) in [6, 6.07) is 5.97. The summed E-state index contributed by atoms with van der Waals surface area (Å²) in [7, 11) is 0. The molecule has 1 aromatic heterocycles. The van der Waals surface area contributed by atoms with Crippen molar-refractivity contribution in [2.75, 3.05) is 6.54 Å². The molecule has 0 saturated heterocycles. The zero-order valence-corrected chi connectivity index (χ0v) is 14.1. The molecule has 114 valence electrons. The van der Waals surface area contributed by atoms with Crippen LogP contribution in [0.1, 0.15) is 30.7 Å². The number of nitrogens with one attached hydrogen (secondary N) is 1. The van der Waals surface area contributed by atoms with E-state index in [4.69, 9.17) is 16.7 Å². The second kappa shape index (κ2) is 6.34. The van der Waals surface area contributed by atoms with E-state index in [9.17, 15) is 4.79 Å². The van der Waals surface area contributed by atoms with Crippen LogP contribution in [0.15, 0.2) is 18.2 Å². The van der Waals surface area contributed by atoms with Crippen molar-refractivity contribution in [2.24, 2.45) is 5.41 Å². The average Bonchev–Trinajstić information content (AvgIpc) is 2.74. The van der Waals surface area contributed by atoms with E-state index in [-0.39, 0.29) is 0 Å². The van der Waals surface area contributed by atoms with Gasteiger partial charge in [0.05, 0.1) is 15.1 Å². The van der Waals surface area contributed by atoms with Gasteiger partial charge in [-0.05, 0) is 50.8 Å². The first-order valence-corrected chi connectivity index (χ1v) is 8.13. The number of benzene rings is 1. The van der Waals surface area contributed by atoms with Crippen LogP contribution in [0.25, 0.3) is 10.1 Å². The normalized spacial score (nSPS) is 12.0. The predicted molar refractivity (Wildman–Crippen MR) is 89.3 cm³/mol. The highest BCUT2D eigenvalue weighted by atomic mass is 35.5. The molecular formula is C16H20ClNO2S. The van der Waals surface area contributed by atoms with Crippen molar-refractivity contribution in [3.8, 4) is 0 Å². The van der Waals surface area contributed by atoms with Crippen LogP contribution in [0.4, 0.5) is 0 Å². The van der Waals surface area contributed by atoms with Crippen LogP contribution >= 0.6 is 22.9 Å². The zero-order valence-electron chi connectivity index (χ0n) is 12.5. The van der Waals surface area contributed by atoms with Crippen LogP contribution in [0.3, 0.4) is 0 Å². The Hall–Kier alpha value is -1.10. The van der Waals surface area contributed by atoms with Crippen LogP contribution < -0.4 is 5.32 Å². The van der Waals surface area contributed by atoms with Gasteiger partial charge in [-0.15, -0.1) is 11.3 Å². The third-order valence-electron chi connectivity index (χ3n) is 3.81. The molecule has 0 radical (unpaired) electrons. The Labute approximate surface area is 133 Å². The molecule has 0 atom stereocenters. The van der Waals surface area contributed by atoms with Gasteiger partial charge in [0.1, 0.15) is 0 Å². The molecule has 2 aromatic rings. The molecule has 1 aromatic carbocycles. The molecule has 21 heavy (non-hydrogen) atoms. The molecule has 0 amide bonds. The van der Waals surface area contributed by atoms with Gasteiger partial charge in [-0.25, -0.2) is 0 Å². The number of aryl methyl sites for hydroxylation is 1. The lowest BCUT2D eigenvalue weighted by Crippen LogP contribution is -2.28. The van der Waals surface area contributed by atoms with Crippen LogP contribution in [-0.4, -0.2) is 17.6 Å². The minimum atomic E-state index is -0.755. The lowest BCUT2D eigenvalue weighted by Gasteiger charge is -2.18. The van der Waals surface area contributed by atoms with Crippen molar-refractivity contribution >= 4 is 39.0 Å². The summed E-state index contributed by atoms with van der Waals surface area (Å²) in [6.45, 7) is 7.04. The summed E-state index contributed by atoms with van der Waals surface area (Å²) in [5.74, 6) is -0.755. The molecule has 0 fully saturated rings. The Kier molecular flexibility index (Phi) is 4.91. The summed E-state index contributed by atoms with van der Waals surface area (Å²) in [4.78, 5) is 12.3. The largest absolute Gasteiger partial charge is 0.481 e. The minimum Gasteiger partial charge on any atom is -0.481 e. The number of carboxylic acid groups (broad SMARTS) is 1. The Morgan fingerprint density at radius 1 is 1.43 bits per heavy atom. The molecule has 0 saturated carbocycles. The van der Waals surface area contributed by atoms with Crippen molar-refractivity contribution < 1.29 is 9.90 Å². The van der Waals surface area contributed by atoms with E-state index in [1.54, 1.807) is 25.2 Å². The van der Waals surface area contributed by atoms with E-state index < -0.39 is 11.4 Å². The van der Waals surface area contributed by atoms with Crippen LogP contribution in [0.5, 0.6) is 0 Å². The Morgan fingerprint density at radius 2 is 2.14 bits per heavy atom. The molecule has 2 rings (SSSR count). The topological polar surface area (TPSA) is 49.3 Å². The van der Waals surface area contributed by atoms with E-state index in [0.717, 1.165) is 16.3 Å². The maximum absolute atomic E-state index is 11.1. The fraction of sp³-hybridized carbons (Fsp3) is 0.438. The van der Waals surface area contributed by atoms with Crippen LogP contribution in [-0.2, 0) is 11.3 Å². The maximum Gasteiger partial charge on any atom is 0.309 e. The Bertz CT molecular complexity index is 664.